The smallest absolute Gasteiger partial charge is 0.104 e. The van der Waals surface area contributed by atoms with Crippen LogP contribution in [0.25, 0.3) is 22.3 Å². The average Bonchev–Trinajstić information content (AvgIpc) is 2.64. The molecule has 4 nitrogen and oxygen atoms in total. The zero-order chi connectivity index (χ0) is 17.2. The van der Waals surface area contributed by atoms with Gasteiger partial charge in [-0.15, -0.1) is 0 Å². The molecule has 2 aromatic carbocycles. The summed E-state index contributed by atoms with van der Waals surface area (Å²) in [4.78, 5) is 11.8. The molecular formula is C20H20BrN3O. The third kappa shape index (κ3) is 3.59. The normalized spacial score (nSPS) is 15.6. The second kappa shape index (κ2) is 7.20. The van der Waals surface area contributed by atoms with Gasteiger partial charge in [0.2, 0.25) is 0 Å². The van der Waals surface area contributed by atoms with Crippen LogP contribution < -0.4 is 0 Å². The van der Waals surface area contributed by atoms with E-state index >= 15 is 0 Å². The van der Waals surface area contributed by atoms with Gasteiger partial charge in [0.1, 0.15) is 5.52 Å². The molecular weight excluding hydrogens is 378 g/mol. The highest BCUT2D eigenvalue weighted by Gasteiger charge is 2.13. The Kier molecular flexibility index (Phi) is 4.79. The quantitative estimate of drug-likeness (QED) is 0.663. The highest BCUT2D eigenvalue weighted by Crippen LogP contribution is 2.26. The Morgan fingerprint density at radius 3 is 2.80 bits per heavy atom. The summed E-state index contributed by atoms with van der Waals surface area (Å²) in [5.41, 5.74) is 6.46. The first-order chi connectivity index (χ1) is 12.2. The molecule has 3 aromatic rings. The van der Waals surface area contributed by atoms with E-state index in [2.05, 4.69) is 50.9 Å². The molecule has 0 spiro atoms. The lowest BCUT2D eigenvalue weighted by atomic mass is 10.0. The summed E-state index contributed by atoms with van der Waals surface area (Å²) in [6.07, 6.45) is 1.85. The molecule has 0 N–H and O–H groups in total. The van der Waals surface area contributed by atoms with Crippen molar-refractivity contribution in [3.05, 3.63) is 58.2 Å². The molecule has 0 atom stereocenters. The van der Waals surface area contributed by atoms with Gasteiger partial charge in [-0.3, -0.25) is 9.88 Å². The summed E-state index contributed by atoms with van der Waals surface area (Å²) in [6, 6.07) is 12.5. The van der Waals surface area contributed by atoms with Crippen molar-refractivity contribution >= 4 is 27.0 Å². The standard InChI is InChI=1S/C20H20BrN3O/c1-14-11-15(5-6-16(14)13-24-7-9-25-10-8-24)19-12-22-18-4-2-3-17(21)20(18)23-19/h2-6,11-12H,7-10,13H2,1H3. The van der Waals surface area contributed by atoms with E-state index in [0.717, 1.165) is 59.6 Å². The largest absolute Gasteiger partial charge is 0.379 e. The Morgan fingerprint density at radius 1 is 1.16 bits per heavy atom. The van der Waals surface area contributed by atoms with Crippen LogP contribution in [-0.2, 0) is 11.3 Å². The molecule has 128 valence electrons. The average molecular weight is 398 g/mol. The zero-order valence-corrected chi connectivity index (χ0v) is 15.8. The predicted octanol–water partition coefficient (Wildman–Crippen LogP) is 4.20. The van der Waals surface area contributed by atoms with E-state index < -0.39 is 0 Å². The second-order valence-electron chi connectivity index (χ2n) is 6.39. The number of rotatable bonds is 3. The molecule has 1 aliphatic rings. The van der Waals surface area contributed by atoms with Crippen molar-refractivity contribution < 1.29 is 4.74 Å². The molecule has 1 saturated heterocycles. The van der Waals surface area contributed by atoms with Crippen LogP contribution in [0.1, 0.15) is 11.1 Å². The number of hydrogen-bond acceptors (Lipinski definition) is 4. The summed E-state index contributed by atoms with van der Waals surface area (Å²) in [7, 11) is 0. The fourth-order valence-electron chi connectivity index (χ4n) is 3.17. The van der Waals surface area contributed by atoms with Gasteiger partial charge in [0, 0.05) is 29.7 Å². The number of ether oxygens (including phenoxy) is 1. The monoisotopic (exact) mass is 397 g/mol. The molecule has 1 fully saturated rings. The lowest BCUT2D eigenvalue weighted by Crippen LogP contribution is -2.35. The molecule has 4 rings (SSSR count). The number of benzene rings is 2. The van der Waals surface area contributed by atoms with E-state index in [1.165, 1.54) is 11.1 Å². The third-order valence-corrected chi connectivity index (χ3v) is 5.30. The van der Waals surface area contributed by atoms with E-state index in [9.17, 15) is 0 Å². The molecule has 0 amide bonds. The molecule has 2 heterocycles. The van der Waals surface area contributed by atoms with Gasteiger partial charge in [-0.2, -0.15) is 0 Å². The Bertz CT molecular complexity index is 907. The molecule has 0 unspecified atom stereocenters. The van der Waals surface area contributed by atoms with Crippen molar-refractivity contribution in [1.82, 2.24) is 14.9 Å². The summed E-state index contributed by atoms with van der Waals surface area (Å²) < 4.78 is 6.40. The molecule has 5 heteroatoms. The van der Waals surface area contributed by atoms with Crippen LogP contribution in [0.3, 0.4) is 0 Å². The SMILES string of the molecule is Cc1cc(-c2cnc3cccc(Br)c3n2)ccc1CN1CCOCC1. The Balaban J connectivity index is 1.62. The van der Waals surface area contributed by atoms with Crippen molar-refractivity contribution in [2.45, 2.75) is 13.5 Å². The minimum atomic E-state index is 0.832. The third-order valence-electron chi connectivity index (χ3n) is 4.66. The minimum Gasteiger partial charge on any atom is -0.379 e. The highest BCUT2D eigenvalue weighted by atomic mass is 79.9. The fraction of sp³-hybridized carbons (Fsp3) is 0.300. The Morgan fingerprint density at radius 2 is 2.00 bits per heavy atom. The number of aryl methyl sites for hydroxylation is 1. The number of hydrogen-bond donors (Lipinski definition) is 0. The number of halogens is 1. The van der Waals surface area contributed by atoms with E-state index in [1.54, 1.807) is 0 Å². The van der Waals surface area contributed by atoms with Gasteiger partial charge in [-0.05, 0) is 52.2 Å². The maximum absolute atomic E-state index is 5.43. The van der Waals surface area contributed by atoms with Gasteiger partial charge in [-0.25, -0.2) is 4.98 Å². The van der Waals surface area contributed by atoms with Crippen LogP contribution in [0.5, 0.6) is 0 Å². The number of fused-ring (bicyclic) bond motifs is 1. The topological polar surface area (TPSA) is 38.2 Å². The summed E-state index contributed by atoms with van der Waals surface area (Å²) in [5, 5.41) is 0. The van der Waals surface area contributed by atoms with Gasteiger partial charge in [0.05, 0.1) is 30.6 Å². The van der Waals surface area contributed by atoms with Crippen molar-refractivity contribution in [3.8, 4) is 11.3 Å². The van der Waals surface area contributed by atoms with Crippen molar-refractivity contribution in [2.75, 3.05) is 26.3 Å². The van der Waals surface area contributed by atoms with Crippen molar-refractivity contribution in [1.29, 1.82) is 0 Å². The lowest BCUT2D eigenvalue weighted by Gasteiger charge is -2.27. The first-order valence-corrected chi connectivity index (χ1v) is 9.31. The van der Waals surface area contributed by atoms with E-state index in [1.807, 2.05) is 24.4 Å². The van der Waals surface area contributed by atoms with Crippen LogP contribution >= 0.6 is 15.9 Å². The predicted molar refractivity (Wildman–Crippen MR) is 104 cm³/mol. The number of aromatic nitrogens is 2. The van der Waals surface area contributed by atoms with Crippen LogP contribution in [0.2, 0.25) is 0 Å². The molecule has 1 aromatic heterocycles. The maximum atomic E-state index is 5.43. The van der Waals surface area contributed by atoms with E-state index in [-0.39, 0.29) is 0 Å². The van der Waals surface area contributed by atoms with Gasteiger partial charge in [0.25, 0.3) is 0 Å². The maximum Gasteiger partial charge on any atom is 0.104 e. The van der Waals surface area contributed by atoms with Gasteiger partial charge < -0.3 is 4.74 Å². The number of morpholine rings is 1. The summed E-state index contributed by atoms with van der Waals surface area (Å²) >= 11 is 3.57. The van der Waals surface area contributed by atoms with Crippen LogP contribution in [-0.4, -0.2) is 41.2 Å². The number of para-hydroxylation sites is 1. The first kappa shape index (κ1) is 16.6. The molecule has 0 radical (unpaired) electrons. The van der Waals surface area contributed by atoms with E-state index in [4.69, 9.17) is 9.72 Å². The zero-order valence-electron chi connectivity index (χ0n) is 14.2. The molecule has 0 saturated carbocycles. The minimum absolute atomic E-state index is 0.832. The van der Waals surface area contributed by atoms with Gasteiger partial charge >= 0.3 is 0 Å². The number of nitrogens with zero attached hydrogens (tertiary/aromatic N) is 3. The fourth-order valence-corrected chi connectivity index (χ4v) is 3.62. The summed E-state index contributed by atoms with van der Waals surface area (Å²) in [5.74, 6) is 0. The van der Waals surface area contributed by atoms with Crippen molar-refractivity contribution in [3.63, 3.8) is 0 Å². The van der Waals surface area contributed by atoms with E-state index in [0.29, 0.717) is 0 Å². The molecule has 0 bridgehead atoms. The summed E-state index contributed by atoms with van der Waals surface area (Å²) in [6.45, 7) is 6.82. The molecule has 1 aliphatic heterocycles. The Hall–Kier alpha value is -1.82. The first-order valence-electron chi connectivity index (χ1n) is 8.52. The van der Waals surface area contributed by atoms with Crippen LogP contribution in [0.4, 0.5) is 0 Å². The van der Waals surface area contributed by atoms with Crippen LogP contribution in [0, 0.1) is 6.92 Å². The highest BCUT2D eigenvalue weighted by molar-refractivity contribution is 9.10. The van der Waals surface area contributed by atoms with Crippen LogP contribution in [0.15, 0.2) is 47.1 Å². The lowest BCUT2D eigenvalue weighted by molar-refractivity contribution is 0.0341. The van der Waals surface area contributed by atoms with Crippen molar-refractivity contribution in [2.24, 2.45) is 0 Å². The molecule has 25 heavy (non-hydrogen) atoms. The second-order valence-corrected chi connectivity index (χ2v) is 7.25. The van der Waals surface area contributed by atoms with Gasteiger partial charge in [-0.1, -0.05) is 18.2 Å². The Labute approximate surface area is 156 Å². The van der Waals surface area contributed by atoms with Gasteiger partial charge in [0.15, 0.2) is 0 Å². The molecule has 0 aliphatic carbocycles.